The first kappa shape index (κ1) is 15.1. The number of nitrogens with zero attached hydrogens (tertiary/aromatic N) is 1. The first-order valence-electron chi connectivity index (χ1n) is 6.08. The lowest BCUT2D eigenvalue weighted by atomic mass is 9.98. The average molecular weight is 309 g/mol. The third-order valence-electron chi connectivity index (χ3n) is 3.40. The lowest BCUT2D eigenvalue weighted by molar-refractivity contribution is -0.182. The van der Waals surface area contributed by atoms with E-state index in [2.05, 4.69) is 0 Å². The van der Waals surface area contributed by atoms with Crippen molar-refractivity contribution in [2.75, 3.05) is 13.1 Å². The minimum Gasteiger partial charge on any atom is -0.507 e. The van der Waals surface area contributed by atoms with Crippen molar-refractivity contribution >= 4 is 10.0 Å². The van der Waals surface area contributed by atoms with E-state index in [-0.39, 0.29) is 30.8 Å². The topological polar surface area (TPSA) is 57.6 Å². The summed E-state index contributed by atoms with van der Waals surface area (Å²) in [7, 11) is -3.95. The van der Waals surface area contributed by atoms with Gasteiger partial charge in [0.05, 0.1) is 5.92 Å². The maximum Gasteiger partial charge on any atom is 0.391 e. The number of sulfonamides is 1. The highest BCUT2D eigenvalue weighted by Gasteiger charge is 2.43. The van der Waals surface area contributed by atoms with E-state index in [0.717, 1.165) is 4.31 Å². The van der Waals surface area contributed by atoms with Crippen LogP contribution in [-0.2, 0) is 10.0 Å². The highest BCUT2D eigenvalue weighted by molar-refractivity contribution is 7.89. The van der Waals surface area contributed by atoms with E-state index < -0.39 is 27.9 Å². The number of benzene rings is 1. The van der Waals surface area contributed by atoms with E-state index in [1.807, 2.05) is 0 Å². The lowest BCUT2D eigenvalue weighted by Gasteiger charge is -2.32. The molecule has 20 heavy (non-hydrogen) atoms. The molecule has 0 unspecified atom stereocenters. The van der Waals surface area contributed by atoms with Crippen LogP contribution in [0.2, 0.25) is 0 Å². The van der Waals surface area contributed by atoms with Gasteiger partial charge >= 0.3 is 6.18 Å². The molecule has 0 atom stereocenters. The first-order chi connectivity index (χ1) is 9.23. The van der Waals surface area contributed by atoms with Gasteiger partial charge in [0.15, 0.2) is 0 Å². The van der Waals surface area contributed by atoms with E-state index >= 15 is 0 Å². The third kappa shape index (κ3) is 2.90. The van der Waals surface area contributed by atoms with Crippen LogP contribution < -0.4 is 0 Å². The van der Waals surface area contributed by atoms with Gasteiger partial charge in [0.1, 0.15) is 10.6 Å². The Morgan fingerprint density at radius 3 is 2.20 bits per heavy atom. The average Bonchev–Trinajstić information content (AvgIpc) is 2.38. The van der Waals surface area contributed by atoms with Crippen molar-refractivity contribution < 1.29 is 26.7 Å². The van der Waals surface area contributed by atoms with Crippen LogP contribution in [0.5, 0.6) is 5.75 Å². The van der Waals surface area contributed by atoms with Gasteiger partial charge in [-0.1, -0.05) is 12.1 Å². The zero-order valence-electron chi connectivity index (χ0n) is 10.5. The lowest BCUT2D eigenvalue weighted by Crippen LogP contribution is -2.42. The molecule has 1 fully saturated rings. The van der Waals surface area contributed by atoms with Crippen molar-refractivity contribution in [3.63, 3.8) is 0 Å². The maximum absolute atomic E-state index is 12.5. The first-order valence-corrected chi connectivity index (χ1v) is 7.52. The molecule has 0 radical (unpaired) electrons. The van der Waals surface area contributed by atoms with Crippen LogP contribution in [0.1, 0.15) is 12.8 Å². The van der Waals surface area contributed by atoms with E-state index in [1.54, 1.807) is 0 Å². The maximum atomic E-state index is 12.5. The SMILES string of the molecule is O=S(=O)(c1ccccc1O)N1CCC(C(F)(F)F)CC1. The zero-order valence-corrected chi connectivity index (χ0v) is 11.3. The summed E-state index contributed by atoms with van der Waals surface area (Å²) < 4.78 is 63.1. The number of hydrogen-bond donors (Lipinski definition) is 1. The summed E-state index contributed by atoms with van der Waals surface area (Å²) in [4.78, 5) is -0.273. The number of rotatable bonds is 2. The molecule has 0 bridgehead atoms. The molecule has 4 nitrogen and oxygen atoms in total. The highest BCUT2D eigenvalue weighted by Crippen LogP contribution is 2.36. The van der Waals surface area contributed by atoms with Gasteiger partial charge in [-0.05, 0) is 25.0 Å². The molecule has 8 heteroatoms. The summed E-state index contributed by atoms with van der Waals surface area (Å²) in [5.74, 6) is -1.86. The van der Waals surface area contributed by atoms with Gasteiger partial charge < -0.3 is 5.11 Å². The fourth-order valence-corrected chi connectivity index (χ4v) is 3.79. The van der Waals surface area contributed by atoms with Gasteiger partial charge in [0, 0.05) is 13.1 Å². The number of alkyl halides is 3. The second-order valence-electron chi connectivity index (χ2n) is 4.69. The van der Waals surface area contributed by atoms with E-state index in [1.165, 1.54) is 24.3 Å². The summed E-state index contributed by atoms with van der Waals surface area (Å²) in [5.41, 5.74) is 0. The fourth-order valence-electron chi connectivity index (χ4n) is 2.24. The Hall–Kier alpha value is -1.28. The summed E-state index contributed by atoms with van der Waals surface area (Å²) >= 11 is 0. The number of phenols is 1. The van der Waals surface area contributed by atoms with Crippen LogP contribution in [0.3, 0.4) is 0 Å². The van der Waals surface area contributed by atoms with Crippen molar-refractivity contribution in [2.24, 2.45) is 5.92 Å². The minimum atomic E-state index is -4.29. The Morgan fingerprint density at radius 1 is 1.15 bits per heavy atom. The molecule has 112 valence electrons. The fraction of sp³-hybridized carbons (Fsp3) is 0.500. The van der Waals surface area contributed by atoms with Crippen LogP contribution in [0.4, 0.5) is 13.2 Å². The largest absolute Gasteiger partial charge is 0.507 e. The number of para-hydroxylation sites is 1. The Bertz CT molecular complexity index is 578. The quantitative estimate of drug-likeness (QED) is 0.912. The number of hydrogen-bond acceptors (Lipinski definition) is 3. The number of halogens is 3. The molecule has 0 amide bonds. The zero-order chi connectivity index (χ0) is 15.0. The van der Waals surface area contributed by atoms with Gasteiger partial charge in [-0.25, -0.2) is 8.42 Å². The molecule has 1 aliphatic rings. The van der Waals surface area contributed by atoms with Gasteiger partial charge in [-0.2, -0.15) is 17.5 Å². The van der Waals surface area contributed by atoms with Crippen molar-refractivity contribution in [1.82, 2.24) is 4.31 Å². The second kappa shape index (κ2) is 5.25. The minimum absolute atomic E-state index is 0.194. The molecule has 1 aromatic rings. The Morgan fingerprint density at radius 2 is 1.70 bits per heavy atom. The van der Waals surface area contributed by atoms with Crippen molar-refractivity contribution in [3.8, 4) is 5.75 Å². The molecule has 1 heterocycles. The molecule has 1 N–H and O–H groups in total. The molecule has 0 saturated carbocycles. The molecule has 2 rings (SSSR count). The molecule has 1 aliphatic heterocycles. The van der Waals surface area contributed by atoms with E-state index in [0.29, 0.717) is 0 Å². The van der Waals surface area contributed by atoms with Crippen LogP contribution in [0.25, 0.3) is 0 Å². The highest BCUT2D eigenvalue weighted by atomic mass is 32.2. The van der Waals surface area contributed by atoms with Crippen LogP contribution in [0, 0.1) is 5.92 Å². The van der Waals surface area contributed by atoms with Gasteiger partial charge in [-0.3, -0.25) is 0 Å². The van der Waals surface area contributed by atoms with Crippen molar-refractivity contribution in [3.05, 3.63) is 24.3 Å². The monoisotopic (exact) mass is 309 g/mol. The molecule has 0 aliphatic carbocycles. The predicted molar refractivity (Wildman–Crippen MR) is 65.6 cm³/mol. The van der Waals surface area contributed by atoms with Crippen LogP contribution in [-0.4, -0.2) is 37.1 Å². The summed E-state index contributed by atoms with van der Waals surface area (Å²) in [6.07, 6.45) is -4.79. The number of aromatic hydroxyl groups is 1. The Balaban J connectivity index is 2.16. The third-order valence-corrected chi connectivity index (χ3v) is 5.35. The smallest absolute Gasteiger partial charge is 0.391 e. The van der Waals surface area contributed by atoms with Gasteiger partial charge in [-0.15, -0.1) is 0 Å². The van der Waals surface area contributed by atoms with Gasteiger partial charge in [0.25, 0.3) is 0 Å². The number of phenolic OH excluding ortho intramolecular Hbond substituents is 1. The molecule has 1 aromatic carbocycles. The van der Waals surface area contributed by atoms with E-state index in [9.17, 15) is 26.7 Å². The van der Waals surface area contributed by atoms with Crippen molar-refractivity contribution in [1.29, 1.82) is 0 Å². The van der Waals surface area contributed by atoms with Crippen LogP contribution >= 0.6 is 0 Å². The van der Waals surface area contributed by atoms with Gasteiger partial charge in [0.2, 0.25) is 10.0 Å². The van der Waals surface area contributed by atoms with Crippen LogP contribution in [0.15, 0.2) is 29.2 Å². The normalized spacial score (nSPS) is 19.1. The van der Waals surface area contributed by atoms with E-state index in [4.69, 9.17) is 0 Å². The standard InChI is InChI=1S/C12H14F3NO3S/c13-12(14,15)9-5-7-16(8-6-9)20(18,19)11-4-2-1-3-10(11)17/h1-4,9,17H,5-8H2. The molecular formula is C12H14F3NO3S. The molecular weight excluding hydrogens is 295 g/mol. The molecule has 0 spiro atoms. The summed E-state index contributed by atoms with van der Waals surface area (Å²) in [6.45, 7) is -0.387. The number of piperidine rings is 1. The predicted octanol–water partition coefficient (Wildman–Crippen LogP) is 2.36. The summed E-state index contributed by atoms with van der Waals surface area (Å²) in [5, 5.41) is 9.57. The van der Waals surface area contributed by atoms with Crippen molar-refractivity contribution in [2.45, 2.75) is 23.9 Å². The molecule has 0 aromatic heterocycles. The summed E-state index contributed by atoms with van der Waals surface area (Å²) in [6, 6.07) is 5.40. The molecule has 1 saturated heterocycles. The Kier molecular flexibility index (Phi) is 3.97. The second-order valence-corrected chi connectivity index (χ2v) is 6.59. The Labute approximate surface area is 114 Å².